The van der Waals surface area contributed by atoms with Crippen molar-refractivity contribution in [3.63, 3.8) is 0 Å². The second-order valence-corrected chi connectivity index (χ2v) is 4.36. The molecule has 0 aliphatic carbocycles. The molecule has 0 unspecified atom stereocenters. The third-order valence-corrected chi connectivity index (χ3v) is 2.83. The molecule has 1 aliphatic heterocycles. The molecule has 0 radical (unpaired) electrons. The molecule has 0 amide bonds. The summed E-state index contributed by atoms with van der Waals surface area (Å²) >= 11 is 0. The summed E-state index contributed by atoms with van der Waals surface area (Å²) in [5, 5.41) is 11.0. The number of dihydropyridines is 1. The lowest BCUT2D eigenvalue weighted by Gasteiger charge is -2.15. The van der Waals surface area contributed by atoms with Crippen LogP contribution in [0.25, 0.3) is 0 Å². The molecule has 0 aromatic heterocycles. The SMILES string of the molecule is CCOC(=O)C(=O)CC1=C([N+](=O)[O-])CN=C(OCCOC)C1. The number of ketones is 1. The van der Waals surface area contributed by atoms with E-state index in [1.807, 2.05) is 0 Å². The topological polar surface area (TPSA) is 117 Å². The molecule has 122 valence electrons. The van der Waals surface area contributed by atoms with Crippen molar-refractivity contribution < 1.29 is 28.7 Å². The molecule has 0 N–H and O–H groups in total. The normalized spacial score (nSPS) is 14.4. The van der Waals surface area contributed by atoms with Gasteiger partial charge >= 0.3 is 5.97 Å². The monoisotopic (exact) mass is 314 g/mol. The zero-order valence-corrected chi connectivity index (χ0v) is 12.5. The first kappa shape index (κ1) is 17.8. The molecule has 0 aromatic carbocycles. The largest absolute Gasteiger partial charge is 0.478 e. The van der Waals surface area contributed by atoms with Crippen LogP contribution in [0, 0.1) is 10.1 Å². The number of nitrogens with zero attached hydrogens (tertiary/aromatic N) is 2. The number of ether oxygens (including phenoxy) is 3. The average molecular weight is 314 g/mol. The van der Waals surface area contributed by atoms with Crippen LogP contribution in [0.3, 0.4) is 0 Å². The third-order valence-electron chi connectivity index (χ3n) is 2.83. The van der Waals surface area contributed by atoms with Crippen molar-refractivity contribution in [3.05, 3.63) is 21.4 Å². The molecule has 1 rings (SSSR count). The number of carbonyl (C=O) groups excluding carboxylic acids is 2. The maximum Gasteiger partial charge on any atom is 0.374 e. The van der Waals surface area contributed by atoms with Crippen molar-refractivity contribution in [2.24, 2.45) is 4.99 Å². The highest BCUT2D eigenvalue weighted by Gasteiger charge is 2.28. The molecule has 0 spiro atoms. The number of esters is 1. The van der Waals surface area contributed by atoms with E-state index in [2.05, 4.69) is 9.73 Å². The summed E-state index contributed by atoms with van der Waals surface area (Å²) in [6, 6.07) is 0. The minimum Gasteiger partial charge on any atom is -0.478 e. The van der Waals surface area contributed by atoms with Crippen molar-refractivity contribution in [2.75, 3.05) is 33.5 Å². The van der Waals surface area contributed by atoms with Crippen LogP contribution in [-0.2, 0) is 23.8 Å². The second-order valence-electron chi connectivity index (χ2n) is 4.36. The molecule has 0 saturated carbocycles. The maximum absolute atomic E-state index is 11.7. The second kappa shape index (κ2) is 8.88. The van der Waals surface area contributed by atoms with Crippen molar-refractivity contribution in [2.45, 2.75) is 19.8 Å². The Labute approximate surface area is 127 Å². The van der Waals surface area contributed by atoms with Gasteiger partial charge in [0.05, 0.1) is 24.6 Å². The quantitative estimate of drug-likeness (QED) is 0.210. The van der Waals surface area contributed by atoms with Crippen LogP contribution in [0.1, 0.15) is 19.8 Å². The fourth-order valence-electron chi connectivity index (χ4n) is 1.78. The van der Waals surface area contributed by atoms with Gasteiger partial charge in [-0.05, 0) is 6.92 Å². The Morgan fingerprint density at radius 3 is 2.68 bits per heavy atom. The number of aliphatic imine (C=N–C) groups is 1. The molecular formula is C13H18N2O7. The standard InChI is InChI=1S/C13H18N2O7/c1-3-21-13(17)11(16)6-9-7-12(22-5-4-20-2)14-8-10(9)15(18)19/h3-8H2,1-2H3. The molecule has 1 aliphatic rings. The van der Waals surface area contributed by atoms with Crippen molar-refractivity contribution in [1.29, 1.82) is 0 Å². The van der Waals surface area contributed by atoms with Gasteiger partial charge < -0.3 is 14.2 Å². The van der Waals surface area contributed by atoms with Crippen molar-refractivity contribution in [1.82, 2.24) is 0 Å². The number of hydrogen-bond donors (Lipinski definition) is 0. The highest BCUT2D eigenvalue weighted by molar-refractivity contribution is 6.34. The molecule has 0 atom stereocenters. The first-order valence-corrected chi connectivity index (χ1v) is 6.69. The molecule has 9 heteroatoms. The van der Waals surface area contributed by atoms with Gasteiger partial charge in [-0.25, -0.2) is 9.79 Å². The number of methoxy groups -OCH3 is 1. The first-order chi connectivity index (χ1) is 10.5. The van der Waals surface area contributed by atoms with Crippen LogP contribution in [0.5, 0.6) is 0 Å². The van der Waals surface area contributed by atoms with Crippen LogP contribution in [-0.4, -0.2) is 56.0 Å². The number of hydrogen-bond acceptors (Lipinski definition) is 8. The Morgan fingerprint density at radius 1 is 1.36 bits per heavy atom. The molecule has 1 heterocycles. The highest BCUT2D eigenvalue weighted by Crippen LogP contribution is 2.21. The zero-order chi connectivity index (χ0) is 16.5. The molecule has 9 nitrogen and oxygen atoms in total. The zero-order valence-electron chi connectivity index (χ0n) is 12.5. The van der Waals surface area contributed by atoms with E-state index in [0.717, 1.165) is 0 Å². The van der Waals surface area contributed by atoms with Crippen molar-refractivity contribution >= 4 is 17.7 Å². The van der Waals surface area contributed by atoms with E-state index in [0.29, 0.717) is 6.61 Å². The van der Waals surface area contributed by atoms with Gasteiger partial charge in [0.25, 0.3) is 5.70 Å². The summed E-state index contributed by atoms with van der Waals surface area (Å²) < 4.78 is 14.7. The smallest absolute Gasteiger partial charge is 0.374 e. The maximum atomic E-state index is 11.7. The molecule has 0 fully saturated rings. The first-order valence-electron chi connectivity index (χ1n) is 6.69. The lowest BCUT2D eigenvalue weighted by atomic mass is 10.0. The number of carbonyl (C=O) groups is 2. The van der Waals surface area contributed by atoms with E-state index in [9.17, 15) is 19.7 Å². The molecule has 22 heavy (non-hydrogen) atoms. The van der Waals surface area contributed by atoms with Gasteiger partial charge in [0.1, 0.15) is 13.2 Å². The Kier molecular flexibility index (Phi) is 7.17. The summed E-state index contributed by atoms with van der Waals surface area (Å²) in [5.74, 6) is -1.54. The minimum absolute atomic E-state index is 0.0190. The highest BCUT2D eigenvalue weighted by atomic mass is 16.6. The summed E-state index contributed by atoms with van der Waals surface area (Å²) in [5.41, 5.74) is 0.0298. The van der Waals surface area contributed by atoms with Gasteiger partial charge in [0.15, 0.2) is 5.90 Å². The van der Waals surface area contributed by atoms with Gasteiger partial charge in [0.2, 0.25) is 5.78 Å². The van der Waals surface area contributed by atoms with Crippen LogP contribution < -0.4 is 0 Å². The van der Waals surface area contributed by atoms with E-state index in [1.165, 1.54) is 7.11 Å². The van der Waals surface area contributed by atoms with Gasteiger partial charge in [0, 0.05) is 19.1 Å². The van der Waals surface area contributed by atoms with E-state index < -0.39 is 16.7 Å². The fourth-order valence-corrected chi connectivity index (χ4v) is 1.78. The lowest BCUT2D eigenvalue weighted by molar-refractivity contribution is -0.427. The van der Waals surface area contributed by atoms with E-state index in [4.69, 9.17) is 9.47 Å². The Hall–Kier alpha value is -2.29. The molecular weight excluding hydrogens is 296 g/mol. The predicted octanol–water partition coefficient (Wildman–Crippen LogP) is 0.505. The summed E-state index contributed by atoms with van der Waals surface area (Å²) in [6.45, 7) is 2.05. The number of nitro groups is 1. The van der Waals surface area contributed by atoms with E-state index >= 15 is 0 Å². The fraction of sp³-hybridized carbons (Fsp3) is 0.615. The molecule has 0 aromatic rings. The Bertz CT molecular complexity index is 511. The lowest BCUT2D eigenvalue weighted by Crippen LogP contribution is -2.24. The molecule has 0 saturated heterocycles. The minimum atomic E-state index is -0.998. The van der Waals surface area contributed by atoms with Crippen LogP contribution in [0.2, 0.25) is 0 Å². The van der Waals surface area contributed by atoms with E-state index in [-0.39, 0.29) is 49.8 Å². The van der Waals surface area contributed by atoms with Crippen molar-refractivity contribution in [3.8, 4) is 0 Å². The Morgan fingerprint density at radius 2 is 2.09 bits per heavy atom. The Balaban J connectivity index is 2.75. The van der Waals surface area contributed by atoms with Gasteiger partial charge in [-0.15, -0.1) is 0 Å². The average Bonchev–Trinajstić information content (AvgIpc) is 2.47. The van der Waals surface area contributed by atoms with Crippen LogP contribution in [0.4, 0.5) is 0 Å². The third kappa shape index (κ3) is 5.24. The van der Waals surface area contributed by atoms with Gasteiger partial charge in [-0.1, -0.05) is 0 Å². The predicted molar refractivity (Wildman–Crippen MR) is 75.0 cm³/mol. The molecule has 0 bridgehead atoms. The summed E-state index contributed by atoms with van der Waals surface area (Å²) in [4.78, 5) is 37.4. The number of rotatable bonds is 8. The van der Waals surface area contributed by atoms with Gasteiger partial charge in [-0.3, -0.25) is 14.9 Å². The van der Waals surface area contributed by atoms with Crippen LogP contribution in [0.15, 0.2) is 16.3 Å². The number of Topliss-reactive ketones (excluding diaryl/α,β-unsaturated/α-hetero) is 1. The van der Waals surface area contributed by atoms with Crippen LogP contribution >= 0.6 is 0 Å². The van der Waals surface area contributed by atoms with E-state index in [1.54, 1.807) is 6.92 Å². The summed E-state index contributed by atoms with van der Waals surface area (Å²) in [7, 11) is 1.51. The van der Waals surface area contributed by atoms with Gasteiger partial charge in [-0.2, -0.15) is 0 Å². The summed E-state index contributed by atoms with van der Waals surface area (Å²) in [6.07, 6.45) is -0.354.